The van der Waals surface area contributed by atoms with Crippen molar-refractivity contribution >= 4 is 27.5 Å². The predicted octanol–water partition coefficient (Wildman–Crippen LogP) is -0.388. The van der Waals surface area contributed by atoms with Crippen LogP contribution in [-0.4, -0.2) is 53.7 Å². The number of carbonyl (C=O) groups excluding carboxylic acids is 2. The minimum Gasteiger partial charge on any atom is -0.364 e. The van der Waals surface area contributed by atoms with Gasteiger partial charge in [-0.2, -0.15) is 5.10 Å². The smallest absolute Gasteiger partial charge is 0.271 e. The van der Waals surface area contributed by atoms with Gasteiger partial charge < -0.3 is 11.1 Å². The normalized spacial score (nSPS) is 17.1. The molecular weight excluding hydrogens is 322 g/mol. The van der Waals surface area contributed by atoms with Gasteiger partial charge in [0.05, 0.1) is 11.9 Å². The lowest BCUT2D eigenvalue weighted by molar-refractivity contribution is -0.120. The molecule has 1 aromatic rings. The number of aromatic nitrogens is 2. The third-order valence-corrected chi connectivity index (χ3v) is 5.17. The standard InChI is InChI=1S/C13H21N5O4S/c1-3-17-8-10(11(16-17)12(14)19)15-13(20)9-4-6-18(7-5-9)23(2,21)22/h8-9H,3-7H2,1-2H3,(H2,14,19)(H,15,20). The van der Waals surface area contributed by atoms with Crippen LogP contribution in [0.15, 0.2) is 6.20 Å². The summed E-state index contributed by atoms with van der Waals surface area (Å²) in [5.41, 5.74) is 5.57. The molecule has 128 valence electrons. The van der Waals surface area contributed by atoms with E-state index < -0.39 is 15.9 Å². The van der Waals surface area contributed by atoms with E-state index in [-0.39, 0.29) is 23.2 Å². The lowest BCUT2D eigenvalue weighted by atomic mass is 9.97. The minimum atomic E-state index is -3.22. The molecule has 3 N–H and O–H groups in total. The molecule has 1 aromatic heterocycles. The third kappa shape index (κ3) is 4.08. The molecule has 2 amide bonds. The van der Waals surface area contributed by atoms with Crippen molar-refractivity contribution in [3.63, 3.8) is 0 Å². The van der Waals surface area contributed by atoms with Crippen molar-refractivity contribution in [2.45, 2.75) is 26.3 Å². The molecule has 10 heteroatoms. The third-order valence-electron chi connectivity index (χ3n) is 3.87. The first-order chi connectivity index (χ1) is 10.7. The highest BCUT2D eigenvalue weighted by atomic mass is 32.2. The number of carbonyl (C=O) groups is 2. The van der Waals surface area contributed by atoms with Crippen molar-refractivity contribution in [3.8, 4) is 0 Å². The molecule has 0 atom stereocenters. The molecule has 2 heterocycles. The fourth-order valence-corrected chi connectivity index (χ4v) is 3.42. The van der Waals surface area contributed by atoms with Crippen molar-refractivity contribution in [3.05, 3.63) is 11.9 Å². The largest absolute Gasteiger partial charge is 0.364 e. The molecule has 0 aromatic carbocycles. The van der Waals surface area contributed by atoms with E-state index in [0.717, 1.165) is 6.26 Å². The Hall–Kier alpha value is -1.94. The number of nitrogens with two attached hydrogens (primary N) is 1. The second-order valence-electron chi connectivity index (χ2n) is 5.54. The van der Waals surface area contributed by atoms with Crippen molar-refractivity contribution in [2.75, 3.05) is 24.7 Å². The SMILES string of the molecule is CCn1cc(NC(=O)C2CCN(S(C)(=O)=O)CC2)c(C(N)=O)n1. The summed E-state index contributed by atoms with van der Waals surface area (Å²) in [5.74, 6) is -1.27. The van der Waals surface area contributed by atoms with E-state index in [1.165, 1.54) is 8.99 Å². The lowest BCUT2D eigenvalue weighted by Gasteiger charge is -2.29. The number of sulfonamides is 1. The van der Waals surface area contributed by atoms with Gasteiger partial charge in [0.15, 0.2) is 5.69 Å². The number of rotatable bonds is 5. The topological polar surface area (TPSA) is 127 Å². The van der Waals surface area contributed by atoms with E-state index in [1.54, 1.807) is 6.20 Å². The number of amides is 2. The zero-order valence-corrected chi connectivity index (χ0v) is 14.0. The fourth-order valence-electron chi connectivity index (χ4n) is 2.54. The Balaban J connectivity index is 2.03. The van der Waals surface area contributed by atoms with Crippen molar-refractivity contribution in [1.29, 1.82) is 0 Å². The molecule has 1 saturated heterocycles. The Morgan fingerprint density at radius 2 is 2.00 bits per heavy atom. The van der Waals surface area contributed by atoms with E-state index in [2.05, 4.69) is 10.4 Å². The Morgan fingerprint density at radius 3 is 2.48 bits per heavy atom. The Kier molecular flexibility index (Phi) is 5.05. The molecule has 0 saturated carbocycles. The zero-order chi connectivity index (χ0) is 17.2. The van der Waals surface area contributed by atoms with Crippen LogP contribution in [-0.2, 0) is 21.4 Å². The first kappa shape index (κ1) is 17.4. The lowest BCUT2D eigenvalue weighted by Crippen LogP contribution is -2.41. The highest BCUT2D eigenvalue weighted by Gasteiger charge is 2.29. The van der Waals surface area contributed by atoms with Gasteiger partial charge in [-0.05, 0) is 19.8 Å². The number of hydrogen-bond acceptors (Lipinski definition) is 5. The highest BCUT2D eigenvalue weighted by molar-refractivity contribution is 7.88. The number of nitrogens with zero attached hydrogens (tertiary/aromatic N) is 3. The van der Waals surface area contributed by atoms with Crippen LogP contribution in [0.2, 0.25) is 0 Å². The molecular formula is C13H21N5O4S. The van der Waals surface area contributed by atoms with Crippen LogP contribution >= 0.6 is 0 Å². The number of piperidine rings is 1. The molecule has 0 bridgehead atoms. The number of primary amides is 1. The van der Waals surface area contributed by atoms with Crippen LogP contribution < -0.4 is 11.1 Å². The monoisotopic (exact) mass is 343 g/mol. The summed E-state index contributed by atoms with van der Waals surface area (Å²) in [5, 5.41) is 6.69. The van der Waals surface area contributed by atoms with E-state index in [0.29, 0.717) is 32.5 Å². The Morgan fingerprint density at radius 1 is 1.39 bits per heavy atom. The number of anilines is 1. The first-order valence-electron chi connectivity index (χ1n) is 7.35. The summed E-state index contributed by atoms with van der Waals surface area (Å²) >= 11 is 0. The van der Waals surface area contributed by atoms with Crippen LogP contribution in [0, 0.1) is 5.92 Å². The second kappa shape index (κ2) is 6.67. The Bertz CT molecular complexity index is 704. The molecule has 1 aliphatic heterocycles. The van der Waals surface area contributed by atoms with Crippen LogP contribution in [0.5, 0.6) is 0 Å². The van der Waals surface area contributed by atoms with Gasteiger partial charge in [0.2, 0.25) is 15.9 Å². The number of aryl methyl sites for hydroxylation is 1. The maximum absolute atomic E-state index is 12.3. The fraction of sp³-hybridized carbons (Fsp3) is 0.615. The van der Waals surface area contributed by atoms with Crippen LogP contribution in [0.25, 0.3) is 0 Å². The minimum absolute atomic E-state index is 0.0220. The molecule has 1 fully saturated rings. The van der Waals surface area contributed by atoms with Crippen LogP contribution in [0.1, 0.15) is 30.3 Å². The second-order valence-corrected chi connectivity index (χ2v) is 7.52. The van der Waals surface area contributed by atoms with Gasteiger partial charge in [-0.25, -0.2) is 12.7 Å². The number of hydrogen-bond donors (Lipinski definition) is 2. The summed E-state index contributed by atoms with van der Waals surface area (Å²) in [6, 6.07) is 0. The average molecular weight is 343 g/mol. The average Bonchev–Trinajstić information content (AvgIpc) is 2.89. The summed E-state index contributed by atoms with van der Waals surface area (Å²) < 4.78 is 25.8. The highest BCUT2D eigenvalue weighted by Crippen LogP contribution is 2.22. The number of nitrogens with one attached hydrogen (secondary N) is 1. The maximum atomic E-state index is 12.3. The zero-order valence-electron chi connectivity index (χ0n) is 13.2. The molecule has 0 radical (unpaired) electrons. The van der Waals surface area contributed by atoms with Crippen LogP contribution in [0.3, 0.4) is 0 Å². The molecule has 1 aliphatic rings. The van der Waals surface area contributed by atoms with Gasteiger partial charge in [-0.15, -0.1) is 0 Å². The van der Waals surface area contributed by atoms with Gasteiger partial charge in [-0.3, -0.25) is 14.3 Å². The van der Waals surface area contributed by atoms with Crippen molar-refractivity contribution < 1.29 is 18.0 Å². The van der Waals surface area contributed by atoms with Gasteiger partial charge in [-0.1, -0.05) is 0 Å². The summed E-state index contributed by atoms with van der Waals surface area (Å²) in [4.78, 5) is 23.7. The molecule has 0 aliphatic carbocycles. The summed E-state index contributed by atoms with van der Waals surface area (Å²) in [7, 11) is -3.22. The van der Waals surface area contributed by atoms with E-state index in [1.807, 2.05) is 6.92 Å². The van der Waals surface area contributed by atoms with E-state index >= 15 is 0 Å². The predicted molar refractivity (Wildman–Crippen MR) is 84.2 cm³/mol. The summed E-state index contributed by atoms with van der Waals surface area (Å²) in [6.45, 7) is 3.02. The van der Waals surface area contributed by atoms with Crippen molar-refractivity contribution in [2.24, 2.45) is 11.7 Å². The maximum Gasteiger partial charge on any atom is 0.271 e. The first-order valence-corrected chi connectivity index (χ1v) is 9.20. The molecule has 9 nitrogen and oxygen atoms in total. The molecule has 23 heavy (non-hydrogen) atoms. The molecule has 2 rings (SSSR count). The quantitative estimate of drug-likeness (QED) is 0.753. The van der Waals surface area contributed by atoms with Gasteiger partial charge in [0.1, 0.15) is 0 Å². The van der Waals surface area contributed by atoms with Gasteiger partial charge in [0.25, 0.3) is 5.91 Å². The van der Waals surface area contributed by atoms with E-state index in [9.17, 15) is 18.0 Å². The Labute approximate surface area is 134 Å². The summed E-state index contributed by atoms with van der Waals surface area (Å²) in [6.07, 6.45) is 3.59. The van der Waals surface area contributed by atoms with Crippen LogP contribution in [0.4, 0.5) is 5.69 Å². The van der Waals surface area contributed by atoms with E-state index in [4.69, 9.17) is 5.73 Å². The van der Waals surface area contributed by atoms with Crippen molar-refractivity contribution in [1.82, 2.24) is 14.1 Å². The molecule has 0 spiro atoms. The van der Waals surface area contributed by atoms with Gasteiger partial charge in [0, 0.05) is 31.7 Å². The van der Waals surface area contributed by atoms with Gasteiger partial charge >= 0.3 is 0 Å². The molecule has 0 unspecified atom stereocenters.